The van der Waals surface area contributed by atoms with Crippen molar-refractivity contribution in [3.8, 4) is 34.5 Å². The van der Waals surface area contributed by atoms with E-state index in [9.17, 15) is 9.59 Å². The number of carbonyl (C=O) groups is 2. The van der Waals surface area contributed by atoms with Crippen LogP contribution in [0.5, 0.6) is 34.5 Å². The Balaban J connectivity index is 1.63. The molecule has 0 aliphatic carbocycles. The number of rotatable bonds is 13. The minimum absolute atomic E-state index is 0.0602. The van der Waals surface area contributed by atoms with Crippen molar-refractivity contribution < 1.29 is 47.5 Å². The third-order valence-electron chi connectivity index (χ3n) is 6.93. The molecule has 2 amide bonds. The molecule has 0 saturated heterocycles. The molecule has 0 saturated carbocycles. The van der Waals surface area contributed by atoms with Gasteiger partial charge in [0.2, 0.25) is 25.1 Å². The third-order valence-corrected chi connectivity index (χ3v) is 6.93. The van der Waals surface area contributed by atoms with E-state index in [0.717, 1.165) is 11.1 Å². The Morgan fingerprint density at radius 2 is 1.16 bits per heavy atom. The van der Waals surface area contributed by atoms with Gasteiger partial charge in [-0.2, -0.15) is 10.2 Å². The van der Waals surface area contributed by atoms with Crippen LogP contribution in [-0.2, 0) is 22.3 Å². The lowest BCUT2D eigenvalue weighted by molar-refractivity contribution is 0.116. The summed E-state index contributed by atoms with van der Waals surface area (Å²) in [5.41, 5.74) is 2.87. The van der Waals surface area contributed by atoms with Gasteiger partial charge in [-0.15, -0.1) is 0 Å². The Hall–Kier alpha value is -4.88. The molecular formula is C30H38N4O10. The summed E-state index contributed by atoms with van der Waals surface area (Å²) in [5.74, 6) is 2.89. The minimum atomic E-state index is -0.415. The molecule has 4 rings (SSSR count). The largest absolute Gasteiger partial charge is 0.492 e. The van der Waals surface area contributed by atoms with E-state index < -0.39 is 12.2 Å². The number of hydrogen-bond donors (Lipinski definition) is 0. The highest BCUT2D eigenvalue weighted by Gasteiger charge is 2.26. The van der Waals surface area contributed by atoms with Crippen molar-refractivity contribution >= 4 is 24.6 Å². The maximum atomic E-state index is 12.1. The minimum Gasteiger partial charge on any atom is -0.492 e. The molecule has 0 atom stereocenters. The van der Waals surface area contributed by atoms with Crippen LogP contribution in [0.2, 0.25) is 0 Å². The molecule has 0 unspecified atom stereocenters. The zero-order valence-electron chi connectivity index (χ0n) is 25.8. The lowest BCUT2D eigenvalue weighted by Crippen LogP contribution is -2.29. The highest BCUT2D eigenvalue weighted by Crippen LogP contribution is 2.46. The molecule has 44 heavy (non-hydrogen) atoms. The van der Waals surface area contributed by atoms with Gasteiger partial charge in [0, 0.05) is 38.3 Å². The van der Waals surface area contributed by atoms with Gasteiger partial charge in [0.25, 0.3) is 0 Å². The number of likely N-dealkylation sites (N-methyl/N-ethyl adjacent to an activating group) is 2. The molecular weight excluding hydrogens is 576 g/mol. The molecule has 2 aliphatic rings. The predicted molar refractivity (Wildman–Crippen MR) is 160 cm³/mol. The van der Waals surface area contributed by atoms with E-state index in [2.05, 4.69) is 10.2 Å². The zero-order valence-corrected chi connectivity index (χ0v) is 25.8. The average Bonchev–Trinajstić information content (AvgIpc) is 3.69. The molecule has 238 valence electrons. The molecule has 0 aromatic heterocycles. The summed E-state index contributed by atoms with van der Waals surface area (Å²) in [7, 11) is 6.40. The van der Waals surface area contributed by atoms with Crippen LogP contribution in [0.25, 0.3) is 0 Å². The van der Waals surface area contributed by atoms with Crippen molar-refractivity contribution in [2.75, 3.05) is 68.2 Å². The van der Waals surface area contributed by atoms with E-state index in [1.54, 1.807) is 40.4 Å². The van der Waals surface area contributed by atoms with Crippen LogP contribution >= 0.6 is 0 Å². The second kappa shape index (κ2) is 15.0. The standard InChI is InChI=1S/C30H38N4O10/c1-7-39-29(35)33(3)11-9-19-13-23-27(43-17-41-23)25(37-5)21(19)15-31-32-16-22-20(10-12-34(4)30(36)40-8-2)14-24-28(26(22)38-6)44-18-42-24/h13-16H,7-12,17-18H2,1-6H3. The lowest BCUT2D eigenvalue weighted by atomic mass is 10.0. The highest BCUT2D eigenvalue weighted by molar-refractivity contribution is 5.91. The average molecular weight is 615 g/mol. The maximum Gasteiger partial charge on any atom is 0.409 e. The van der Waals surface area contributed by atoms with Crippen LogP contribution in [0.15, 0.2) is 22.3 Å². The van der Waals surface area contributed by atoms with Gasteiger partial charge in [-0.25, -0.2) is 9.59 Å². The van der Waals surface area contributed by atoms with Gasteiger partial charge in [-0.3, -0.25) is 0 Å². The van der Waals surface area contributed by atoms with Gasteiger partial charge in [-0.1, -0.05) is 0 Å². The first-order chi connectivity index (χ1) is 21.3. The molecule has 14 heteroatoms. The summed E-state index contributed by atoms with van der Waals surface area (Å²) in [5, 5.41) is 8.66. The molecule has 2 heterocycles. The van der Waals surface area contributed by atoms with E-state index in [4.69, 9.17) is 37.9 Å². The van der Waals surface area contributed by atoms with Gasteiger partial charge in [0.1, 0.15) is 0 Å². The first-order valence-corrected chi connectivity index (χ1v) is 14.1. The lowest BCUT2D eigenvalue weighted by Gasteiger charge is -2.18. The quantitative estimate of drug-likeness (QED) is 0.241. The number of fused-ring (bicyclic) bond motifs is 2. The molecule has 2 aromatic rings. The van der Waals surface area contributed by atoms with Crippen molar-refractivity contribution in [3.05, 3.63) is 34.4 Å². The normalized spacial score (nSPS) is 13.0. The maximum absolute atomic E-state index is 12.1. The fourth-order valence-corrected chi connectivity index (χ4v) is 4.67. The fraction of sp³-hybridized carbons (Fsp3) is 0.467. The van der Waals surface area contributed by atoms with Crippen molar-refractivity contribution in [1.29, 1.82) is 0 Å². The van der Waals surface area contributed by atoms with Crippen molar-refractivity contribution in [2.24, 2.45) is 10.2 Å². The Morgan fingerprint density at radius 1 is 0.750 bits per heavy atom. The number of benzene rings is 2. The van der Waals surface area contributed by atoms with E-state index in [0.29, 0.717) is 71.6 Å². The van der Waals surface area contributed by atoms with E-state index in [-0.39, 0.29) is 26.8 Å². The molecule has 2 aliphatic heterocycles. The van der Waals surface area contributed by atoms with E-state index in [1.165, 1.54) is 24.0 Å². The van der Waals surface area contributed by atoms with Crippen LogP contribution in [-0.4, -0.2) is 103 Å². The monoisotopic (exact) mass is 614 g/mol. The Bertz CT molecular complexity index is 1310. The predicted octanol–water partition coefficient (Wildman–Crippen LogP) is 3.88. The van der Waals surface area contributed by atoms with Crippen molar-refractivity contribution in [1.82, 2.24) is 9.80 Å². The first kappa shape index (κ1) is 32.0. The second-order valence-corrected chi connectivity index (χ2v) is 9.66. The fourth-order valence-electron chi connectivity index (χ4n) is 4.67. The van der Waals surface area contributed by atoms with E-state index in [1.807, 2.05) is 12.1 Å². The van der Waals surface area contributed by atoms with Crippen LogP contribution in [0.1, 0.15) is 36.1 Å². The summed E-state index contributed by atoms with van der Waals surface area (Å²) >= 11 is 0. The van der Waals surface area contributed by atoms with Gasteiger partial charge >= 0.3 is 12.2 Å². The number of amides is 2. The summed E-state index contributed by atoms with van der Waals surface area (Å²) < 4.78 is 44.1. The van der Waals surface area contributed by atoms with Crippen LogP contribution in [0.4, 0.5) is 9.59 Å². The Kier molecular flexibility index (Phi) is 10.9. The molecule has 2 aromatic carbocycles. The number of nitrogens with zero attached hydrogens (tertiary/aromatic N) is 4. The smallest absolute Gasteiger partial charge is 0.409 e. The molecule has 0 spiro atoms. The van der Waals surface area contributed by atoms with Crippen molar-refractivity contribution in [2.45, 2.75) is 26.7 Å². The van der Waals surface area contributed by atoms with Gasteiger partial charge in [0.15, 0.2) is 23.0 Å². The summed E-state index contributed by atoms with van der Waals surface area (Å²) in [6.07, 6.45) is 3.21. The Morgan fingerprint density at radius 3 is 1.52 bits per heavy atom. The molecule has 0 fully saturated rings. The van der Waals surface area contributed by atoms with Crippen LogP contribution < -0.4 is 28.4 Å². The van der Waals surface area contributed by atoms with Gasteiger partial charge < -0.3 is 47.7 Å². The highest BCUT2D eigenvalue weighted by atomic mass is 16.7. The second-order valence-electron chi connectivity index (χ2n) is 9.66. The number of ether oxygens (including phenoxy) is 8. The summed E-state index contributed by atoms with van der Waals surface area (Å²) in [4.78, 5) is 27.3. The first-order valence-electron chi connectivity index (χ1n) is 14.1. The number of carbonyl (C=O) groups excluding carboxylic acids is 2. The Labute approximate surface area is 256 Å². The molecule has 0 bridgehead atoms. The molecule has 0 N–H and O–H groups in total. The SMILES string of the molecule is CCOC(=O)N(C)CCc1cc2c(c(OC)c1C=NN=Cc1c(CCN(C)C(=O)OCC)cc3c(c1OC)OCO3)OCO2. The zero-order chi connectivity index (χ0) is 31.6. The number of hydrogen-bond acceptors (Lipinski definition) is 12. The van der Waals surface area contributed by atoms with E-state index >= 15 is 0 Å². The van der Waals surface area contributed by atoms with Crippen molar-refractivity contribution in [3.63, 3.8) is 0 Å². The van der Waals surface area contributed by atoms with Crippen LogP contribution in [0.3, 0.4) is 0 Å². The number of methoxy groups -OCH3 is 2. The van der Waals surface area contributed by atoms with Gasteiger partial charge in [0.05, 0.1) is 39.9 Å². The third kappa shape index (κ3) is 7.18. The van der Waals surface area contributed by atoms with Gasteiger partial charge in [-0.05, 0) is 49.9 Å². The summed E-state index contributed by atoms with van der Waals surface area (Å²) in [6.45, 7) is 4.97. The van der Waals surface area contributed by atoms with Crippen LogP contribution in [0, 0.1) is 0 Å². The molecule has 14 nitrogen and oxygen atoms in total. The summed E-state index contributed by atoms with van der Waals surface area (Å²) in [6, 6.07) is 3.68. The topological polar surface area (TPSA) is 139 Å². The molecule has 0 radical (unpaired) electrons.